The standard InChI is InChI=1S/C14H18ClNO2/c1-4-5-6-7-18-14-11(10-16-2)8-12(15)9-13(14)17-3/h8-9,16H,6-7,10H2,1-3H3. The Balaban J connectivity index is 2.92. The van der Waals surface area contributed by atoms with Crippen LogP contribution in [0.15, 0.2) is 12.1 Å². The van der Waals surface area contributed by atoms with Crippen molar-refractivity contribution in [3.05, 3.63) is 22.7 Å². The second-order valence-electron chi connectivity index (χ2n) is 3.65. The number of ether oxygens (including phenoxy) is 2. The molecule has 0 unspecified atom stereocenters. The molecule has 0 atom stereocenters. The molecule has 0 aliphatic carbocycles. The summed E-state index contributed by atoms with van der Waals surface area (Å²) in [4.78, 5) is 0. The van der Waals surface area contributed by atoms with Gasteiger partial charge in [0.05, 0.1) is 13.7 Å². The number of nitrogens with one attached hydrogen (secondary N) is 1. The van der Waals surface area contributed by atoms with E-state index >= 15 is 0 Å². The molecule has 0 aromatic heterocycles. The molecule has 1 aromatic carbocycles. The van der Waals surface area contributed by atoms with E-state index in [0.29, 0.717) is 30.3 Å². The number of halogens is 1. The molecule has 0 saturated carbocycles. The van der Waals surface area contributed by atoms with Gasteiger partial charge in [-0.15, -0.1) is 11.8 Å². The van der Waals surface area contributed by atoms with Crippen molar-refractivity contribution >= 4 is 11.6 Å². The monoisotopic (exact) mass is 267 g/mol. The average molecular weight is 268 g/mol. The minimum absolute atomic E-state index is 0.537. The van der Waals surface area contributed by atoms with Crippen molar-refractivity contribution in [2.24, 2.45) is 0 Å². The first kappa shape index (κ1) is 14.7. The minimum atomic E-state index is 0.537. The minimum Gasteiger partial charge on any atom is -0.493 e. The first-order valence-corrected chi connectivity index (χ1v) is 6.14. The van der Waals surface area contributed by atoms with E-state index in [1.807, 2.05) is 20.0 Å². The van der Waals surface area contributed by atoms with Crippen LogP contribution in [-0.2, 0) is 6.54 Å². The van der Waals surface area contributed by atoms with Crippen molar-refractivity contribution in [2.75, 3.05) is 20.8 Å². The third kappa shape index (κ3) is 4.14. The Morgan fingerprint density at radius 2 is 2.17 bits per heavy atom. The highest BCUT2D eigenvalue weighted by Crippen LogP contribution is 2.34. The number of benzene rings is 1. The Morgan fingerprint density at radius 1 is 1.39 bits per heavy atom. The summed E-state index contributed by atoms with van der Waals surface area (Å²) in [7, 11) is 3.48. The normalized spacial score (nSPS) is 9.56. The molecule has 0 radical (unpaired) electrons. The Kier molecular flexibility index (Phi) is 6.42. The van der Waals surface area contributed by atoms with E-state index in [4.69, 9.17) is 21.1 Å². The lowest BCUT2D eigenvalue weighted by atomic mass is 10.2. The van der Waals surface area contributed by atoms with Crippen LogP contribution in [-0.4, -0.2) is 20.8 Å². The molecule has 0 fully saturated rings. The predicted octanol–water partition coefficient (Wildman–Crippen LogP) is 2.86. The summed E-state index contributed by atoms with van der Waals surface area (Å²) >= 11 is 6.03. The summed E-state index contributed by atoms with van der Waals surface area (Å²) < 4.78 is 11.0. The highest BCUT2D eigenvalue weighted by atomic mass is 35.5. The molecule has 1 aromatic rings. The Morgan fingerprint density at radius 3 is 2.78 bits per heavy atom. The zero-order chi connectivity index (χ0) is 13.4. The van der Waals surface area contributed by atoms with Gasteiger partial charge in [-0.1, -0.05) is 11.6 Å². The van der Waals surface area contributed by atoms with Gasteiger partial charge < -0.3 is 14.8 Å². The van der Waals surface area contributed by atoms with Crippen LogP contribution < -0.4 is 14.8 Å². The van der Waals surface area contributed by atoms with Crippen molar-refractivity contribution in [3.63, 3.8) is 0 Å². The topological polar surface area (TPSA) is 30.5 Å². The van der Waals surface area contributed by atoms with Gasteiger partial charge in [-0.25, -0.2) is 0 Å². The maximum Gasteiger partial charge on any atom is 0.165 e. The third-order valence-electron chi connectivity index (χ3n) is 2.33. The fraction of sp³-hybridized carbons (Fsp3) is 0.429. The summed E-state index contributed by atoms with van der Waals surface area (Å²) in [5.74, 6) is 7.18. The molecule has 0 heterocycles. The average Bonchev–Trinajstić information content (AvgIpc) is 2.36. The molecule has 0 amide bonds. The Bertz CT molecular complexity index is 449. The van der Waals surface area contributed by atoms with Crippen LogP contribution in [0.5, 0.6) is 11.5 Å². The van der Waals surface area contributed by atoms with Crippen molar-refractivity contribution < 1.29 is 9.47 Å². The molecule has 18 heavy (non-hydrogen) atoms. The number of hydrogen-bond donors (Lipinski definition) is 1. The third-order valence-corrected chi connectivity index (χ3v) is 2.55. The van der Waals surface area contributed by atoms with E-state index in [2.05, 4.69) is 17.2 Å². The molecule has 1 N–H and O–H groups in total. The largest absolute Gasteiger partial charge is 0.493 e. The van der Waals surface area contributed by atoms with E-state index in [-0.39, 0.29) is 0 Å². The Hall–Kier alpha value is -1.37. The first-order chi connectivity index (χ1) is 8.72. The zero-order valence-electron chi connectivity index (χ0n) is 11.0. The van der Waals surface area contributed by atoms with Gasteiger partial charge in [0.15, 0.2) is 11.5 Å². The smallest absolute Gasteiger partial charge is 0.165 e. The van der Waals surface area contributed by atoms with Gasteiger partial charge in [0, 0.05) is 29.6 Å². The molecule has 3 nitrogen and oxygen atoms in total. The molecular weight excluding hydrogens is 250 g/mol. The maximum absolute atomic E-state index is 6.03. The molecule has 4 heteroatoms. The second kappa shape index (κ2) is 7.86. The molecular formula is C14H18ClNO2. The SMILES string of the molecule is CC#CCCOc1c(CNC)cc(Cl)cc1OC. The van der Waals surface area contributed by atoms with Crippen LogP contribution in [0.2, 0.25) is 5.02 Å². The summed E-state index contributed by atoms with van der Waals surface area (Å²) in [6, 6.07) is 3.63. The van der Waals surface area contributed by atoms with Crippen LogP contribution in [0.3, 0.4) is 0 Å². The van der Waals surface area contributed by atoms with Gasteiger partial charge in [0.1, 0.15) is 0 Å². The van der Waals surface area contributed by atoms with Gasteiger partial charge in [-0.2, -0.15) is 0 Å². The van der Waals surface area contributed by atoms with Crippen LogP contribution in [0.1, 0.15) is 18.9 Å². The summed E-state index contributed by atoms with van der Waals surface area (Å²) in [5.41, 5.74) is 0.978. The van der Waals surface area contributed by atoms with Crippen molar-refractivity contribution in [2.45, 2.75) is 19.9 Å². The van der Waals surface area contributed by atoms with E-state index in [1.54, 1.807) is 13.2 Å². The second-order valence-corrected chi connectivity index (χ2v) is 4.09. The fourth-order valence-electron chi connectivity index (χ4n) is 1.59. The summed E-state index contributed by atoms with van der Waals surface area (Å²) in [6.07, 6.45) is 0.696. The molecule has 0 saturated heterocycles. The van der Waals surface area contributed by atoms with Gasteiger partial charge in [0.25, 0.3) is 0 Å². The van der Waals surface area contributed by atoms with Crippen molar-refractivity contribution in [1.82, 2.24) is 5.32 Å². The van der Waals surface area contributed by atoms with Crippen molar-refractivity contribution in [3.8, 4) is 23.3 Å². The molecule has 98 valence electrons. The van der Waals surface area contributed by atoms with E-state index in [1.165, 1.54) is 0 Å². The fourth-order valence-corrected chi connectivity index (χ4v) is 1.82. The lowest BCUT2D eigenvalue weighted by Crippen LogP contribution is -2.09. The quantitative estimate of drug-likeness (QED) is 0.635. The highest BCUT2D eigenvalue weighted by Gasteiger charge is 2.12. The van der Waals surface area contributed by atoms with Gasteiger partial charge in [0.2, 0.25) is 0 Å². The van der Waals surface area contributed by atoms with E-state index in [0.717, 1.165) is 11.3 Å². The number of methoxy groups -OCH3 is 1. The maximum atomic E-state index is 6.03. The zero-order valence-corrected chi connectivity index (χ0v) is 11.7. The molecule has 0 spiro atoms. The number of hydrogen-bond acceptors (Lipinski definition) is 3. The van der Waals surface area contributed by atoms with E-state index < -0.39 is 0 Å². The van der Waals surface area contributed by atoms with Crippen LogP contribution in [0, 0.1) is 11.8 Å². The highest BCUT2D eigenvalue weighted by molar-refractivity contribution is 6.30. The molecule has 0 aliphatic heterocycles. The van der Waals surface area contributed by atoms with Crippen LogP contribution in [0.4, 0.5) is 0 Å². The lowest BCUT2D eigenvalue weighted by Gasteiger charge is -2.15. The van der Waals surface area contributed by atoms with Gasteiger partial charge in [-0.3, -0.25) is 0 Å². The molecule has 1 rings (SSSR count). The number of rotatable bonds is 6. The van der Waals surface area contributed by atoms with Gasteiger partial charge in [-0.05, 0) is 20.0 Å². The lowest BCUT2D eigenvalue weighted by molar-refractivity contribution is 0.298. The molecule has 0 aliphatic rings. The Labute approximate surface area is 113 Å². The summed E-state index contributed by atoms with van der Waals surface area (Å²) in [5, 5.41) is 3.72. The van der Waals surface area contributed by atoms with E-state index in [9.17, 15) is 0 Å². The first-order valence-electron chi connectivity index (χ1n) is 5.76. The van der Waals surface area contributed by atoms with Crippen LogP contribution >= 0.6 is 11.6 Å². The van der Waals surface area contributed by atoms with Crippen LogP contribution in [0.25, 0.3) is 0 Å². The predicted molar refractivity (Wildman–Crippen MR) is 74.3 cm³/mol. The summed E-state index contributed by atoms with van der Waals surface area (Å²) in [6.45, 7) is 3.02. The molecule has 0 bridgehead atoms. The van der Waals surface area contributed by atoms with Gasteiger partial charge >= 0.3 is 0 Å². The van der Waals surface area contributed by atoms with Crippen molar-refractivity contribution in [1.29, 1.82) is 0 Å².